The summed E-state index contributed by atoms with van der Waals surface area (Å²) in [4.78, 5) is 4.68. The number of para-hydroxylation sites is 1. The smallest absolute Gasteiger partial charge is 0.126 e. The Labute approximate surface area is 129 Å². The first-order valence-corrected chi connectivity index (χ1v) is 7.25. The third kappa shape index (κ3) is 3.02. The number of hydrogen-bond acceptors (Lipinski definition) is 4. The van der Waals surface area contributed by atoms with Crippen LogP contribution in [0.25, 0.3) is 10.9 Å². The largest absolute Gasteiger partial charge is 0.497 e. The molecule has 22 heavy (non-hydrogen) atoms. The van der Waals surface area contributed by atoms with Gasteiger partial charge >= 0.3 is 0 Å². The second-order valence-electron chi connectivity index (χ2n) is 5.09. The van der Waals surface area contributed by atoms with E-state index in [0.717, 1.165) is 28.0 Å². The number of aromatic nitrogens is 1. The van der Waals surface area contributed by atoms with Crippen LogP contribution in [0.5, 0.6) is 5.75 Å². The number of hydrogen-bond donors (Lipinski definition) is 2. The number of nitrogens with two attached hydrogens (primary N) is 1. The predicted molar refractivity (Wildman–Crippen MR) is 90.0 cm³/mol. The Morgan fingerprint density at radius 2 is 1.86 bits per heavy atom. The highest BCUT2D eigenvalue weighted by atomic mass is 16.5. The Hall–Kier alpha value is -2.59. The number of benzene rings is 2. The van der Waals surface area contributed by atoms with Gasteiger partial charge in [-0.2, -0.15) is 0 Å². The van der Waals surface area contributed by atoms with Gasteiger partial charge in [-0.1, -0.05) is 30.3 Å². The van der Waals surface area contributed by atoms with E-state index in [0.29, 0.717) is 13.1 Å². The zero-order valence-corrected chi connectivity index (χ0v) is 12.5. The standard InChI is InChI=1S/C18H19N3O/c1-22-16-8-5-13(6-9-16)12-20-17-10-7-14-3-2-4-15(11-19)18(14)21-17/h2-10H,11-12,19H2,1H3,(H,20,21). The van der Waals surface area contributed by atoms with Gasteiger partial charge in [0.05, 0.1) is 12.6 Å². The van der Waals surface area contributed by atoms with Gasteiger partial charge < -0.3 is 15.8 Å². The molecule has 112 valence electrons. The average molecular weight is 293 g/mol. The van der Waals surface area contributed by atoms with Crippen molar-refractivity contribution in [2.24, 2.45) is 5.73 Å². The van der Waals surface area contributed by atoms with Gasteiger partial charge in [-0.3, -0.25) is 0 Å². The van der Waals surface area contributed by atoms with E-state index in [2.05, 4.69) is 22.4 Å². The third-order valence-electron chi connectivity index (χ3n) is 3.66. The van der Waals surface area contributed by atoms with Gasteiger partial charge in [-0.25, -0.2) is 4.98 Å². The Kier molecular flexibility index (Phi) is 4.21. The normalized spacial score (nSPS) is 10.6. The van der Waals surface area contributed by atoms with Gasteiger partial charge in [-0.05, 0) is 35.4 Å². The lowest BCUT2D eigenvalue weighted by Crippen LogP contribution is -2.03. The highest BCUT2D eigenvalue weighted by molar-refractivity contribution is 5.83. The molecule has 0 unspecified atom stereocenters. The van der Waals surface area contributed by atoms with Crippen LogP contribution in [0.15, 0.2) is 54.6 Å². The zero-order chi connectivity index (χ0) is 15.4. The molecule has 0 atom stereocenters. The number of fused-ring (bicyclic) bond motifs is 1. The van der Waals surface area contributed by atoms with E-state index in [1.54, 1.807) is 7.11 Å². The Morgan fingerprint density at radius 1 is 1.05 bits per heavy atom. The minimum atomic E-state index is 0.492. The average Bonchev–Trinajstić information content (AvgIpc) is 2.59. The zero-order valence-electron chi connectivity index (χ0n) is 12.5. The lowest BCUT2D eigenvalue weighted by molar-refractivity contribution is 0.414. The van der Waals surface area contributed by atoms with Crippen molar-refractivity contribution in [2.45, 2.75) is 13.1 Å². The van der Waals surface area contributed by atoms with Crippen LogP contribution in [0.4, 0.5) is 5.82 Å². The molecule has 3 rings (SSSR count). The van der Waals surface area contributed by atoms with Crippen LogP contribution in [-0.4, -0.2) is 12.1 Å². The fourth-order valence-corrected chi connectivity index (χ4v) is 2.41. The van der Waals surface area contributed by atoms with E-state index in [1.807, 2.05) is 42.5 Å². The second-order valence-corrected chi connectivity index (χ2v) is 5.09. The van der Waals surface area contributed by atoms with Crippen molar-refractivity contribution < 1.29 is 4.74 Å². The minimum absolute atomic E-state index is 0.492. The first-order valence-electron chi connectivity index (χ1n) is 7.25. The first-order chi connectivity index (χ1) is 10.8. The summed E-state index contributed by atoms with van der Waals surface area (Å²) >= 11 is 0. The van der Waals surface area contributed by atoms with Gasteiger partial charge in [0.2, 0.25) is 0 Å². The van der Waals surface area contributed by atoms with Crippen molar-refractivity contribution in [3.05, 3.63) is 65.7 Å². The fraction of sp³-hybridized carbons (Fsp3) is 0.167. The van der Waals surface area contributed by atoms with E-state index in [4.69, 9.17) is 10.5 Å². The summed E-state index contributed by atoms with van der Waals surface area (Å²) < 4.78 is 5.16. The van der Waals surface area contributed by atoms with Crippen LogP contribution in [0.1, 0.15) is 11.1 Å². The summed E-state index contributed by atoms with van der Waals surface area (Å²) in [7, 11) is 1.67. The molecule has 3 N–H and O–H groups in total. The summed E-state index contributed by atoms with van der Waals surface area (Å²) in [6, 6.07) is 18.1. The van der Waals surface area contributed by atoms with E-state index in [1.165, 1.54) is 5.56 Å². The van der Waals surface area contributed by atoms with Gasteiger partial charge in [0, 0.05) is 18.5 Å². The summed E-state index contributed by atoms with van der Waals surface area (Å²) in [6.45, 7) is 1.21. The first kappa shape index (κ1) is 14.4. The molecular formula is C18H19N3O. The molecule has 0 bridgehead atoms. The van der Waals surface area contributed by atoms with Crippen molar-refractivity contribution in [1.82, 2.24) is 4.98 Å². The highest BCUT2D eigenvalue weighted by Gasteiger charge is 2.03. The number of nitrogens with zero attached hydrogens (tertiary/aromatic N) is 1. The van der Waals surface area contributed by atoms with Crippen LogP contribution < -0.4 is 15.8 Å². The van der Waals surface area contributed by atoms with Gasteiger partial charge in [-0.15, -0.1) is 0 Å². The predicted octanol–water partition coefficient (Wildman–Crippen LogP) is 3.31. The molecule has 0 radical (unpaired) electrons. The molecule has 0 saturated carbocycles. The van der Waals surface area contributed by atoms with E-state index >= 15 is 0 Å². The summed E-state index contributed by atoms with van der Waals surface area (Å²) in [6.07, 6.45) is 0. The van der Waals surface area contributed by atoms with Crippen LogP contribution in [0, 0.1) is 0 Å². The molecule has 1 heterocycles. The Morgan fingerprint density at radius 3 is 2.59 bits per heavy atom. The van der Waals surface area contributed by atoms with Crippen LogP contribution >= 0.6 is 0 Å². The highest BCUT2D eigenvalue weighted by Crippen LogP contribution is 2.19. The van der Waals surface area contributed by atoms with Crippen molar-refractivity contribution in [1.29, 1.82) is 0 Å². The summed E-state index contributed by atoms with van der Waals surface area (Å²) in [5.74, 6) is 1.71. The molecule has 2 aromatic carbocycles. The molecule has 0 spiro atoms. The lowest BCUT2D eigenvalue weighted by atomic mass is 10.1. The quantitative estimate of drug-likeness (QED) is 0.757. The van der Waals surface area contributed by atoms with Crippen molar-refractivity contribution in [3.8, 4) is 5.75 Å². The van der Waals surface area contributed by atoms with Crippen LogP contribution in [0.2, 0.25) is 0 Å². The minimum Gasteiger partial charge on any atom is -0.497 e. The van der Waals surface area contributed by atoms with Gasteiger partial charge in [0.15, 0.2) is 0 Å². The SMILES string of the molecule is COc1ccc(CNc2ccc3cccc(CN)c3n2)cc1. The lowest BCUT2D eigenvalue weighted by Gasteiger charge is -2.09. The summed E-state index contributed by atoms with van der Waals surface area (Å²) in [5.41, 5.74) is 8.99. The fourth-order valence-electron chi connectivity index (χ4n) is 2.41. The second kappa shape index (κ2) is 6.45. The molecule has 0 fully saturated rings. The molecule has 1 aromatic heterocycles. The van der Waals surface area contributed by atoms with Crippen molar-refractivity contribution in [2.75, 3.05) is 12.4 Å². The van der Waals surface area contributed by atoms with Gasteiger partial charge in [0.1, 0.15) is 11.6 Å². The van der Waals surface area contributed by atoms with Crippen molar-refractivity contribution in [3.63, 3.8) is 0 Å². The number of methoxy groups -OCH3 is 1. The molecule has 4 heteroatoms. The van der Waals surface area contributed by atoms with Crippen LogP contribution in [-0.2, 0) is 13.1 Å². The van der Waals surface area contributed by atoms with Crippen molar-refractivity contribution >= 4 is 16.7 Å². The Balaban J connectivity index is 1.78. The molecule has 0 amide bonds. The topological polar surface area (TPSA) is 60.2 Å². The number of pyridine rings is 1. The molecule has 0 saturated heterocycles. The number of nitrogens with one attached hydrogen (secondary N) is 1. The Bertz CT molecular complexity index is 769. The maximum Gasteiger partial charge on any atom is 0.126 e. The van der Waals surface area contributed by atoms with E-state index < -0.39 is 0 Å². The molecule has 0 aliphatic heterocycles. The number of rotatable bonds is 5. The summed E-state index contributed by atoms with van der Waals surface area (Å²) in [5, 5.41) is 4.46. The third-order valence-corrected chi connectivity index (χ3v) is 3.66. The van der Waals surface area contributed by atoms with Gasteiger partial charge in [0.25, 0.3) is 0 Å². The van der Waals surface area contributed by atoms with Crippen LogP contribution in [0.3, 0.4) is 0 Å². The monoisotopic (exact) mass is 293 g/mol. The number of ether oxygens (including phenoxy) is 1. The molecule has 4 nitrogen and oxygen atoms in total. The molecule has 3 aromatic rings. The maximum atomic E-state index is 5.79. The maximum absolute atomic E-state index is 5.79. The van der Waals surface area contributed by atoms with E-state index in [-0.39, 0.29) is 0 Å². The number of anilines is 1. The molecular weight excluding hydrogens is 274 g/mol. The molecule has 0 aliphatic carbocycles. The van der Waals surface area contributed by atoms with E-state index in [9.17, 15) is 0 Å². The molecule has 0 aliphatic rings.